The van der Waals surface area contributed by atoms with Crippen LogP contribution >= 0.6 is 0 Å². The third-order valence-corrected chi connectivity index (χ3v) is 8.29. The fraction of sp³-hybridized carbons (Fsp3) is 0.257. The lowest BCUT2D eigenvalue weighted by atomic mass is 9.47. The van der Waals surface area contributed by atoms with E-state index >= 15 is 0 Å². The molecule has 0 bridgehead atoms. The molecule has 202 valence electrons. The summed E-state index contributed by atoms with van der Waals surface area (Å²) >= 11 is 0. The Morgan fingerprint density at radius 1 is 0.707 bits per heavy atom. The highest BCUT2D eigenvalue weighted by Crippen LogP contribution is 2.52. The Balaban J connectivity index is 1.69. The van der Waals surface area contributed by atoms with Crippen molar-refractivity contribution in [2.24, 2.45) is 0 Å². The average Bonchev–Trinajstić information content (AvgIpc) is 3.01. The summed E-state index contributed by atoms with van der Waals surface area (Å²) in [5, 5.41) is 21.1. The largest absolute Gasteiger partial charge is 0.458 e. The molecule has 4 aromatic carbocycles. The van der Waals surface area contributed by atoms with Gasteiger partial charge in [0, 0.05) is 7.05 Å². The quantitative estimate of drug-likeness (QED) is 0.233. The van der Waals surface area contributed by atoms with Crippen molar-refractivity contribution in [3.05, 3.63) is 95.1 Å². The molecule has 0 unspecified atom stereocenters. The van der Waals surface area contributed by atoms with Gasteiger partial charge in [-0.25, -0.2) is 0 Å². The molecule has 6 heteroatoms. The summed E-state index contributed by atoms with van der Waals surface area (Å²) < 4.78 is 6.37. The van der Waals surface area contributed by atoms with E-state index in [1.807, 2.05) is 48.5 Å². The number of nitriles is 2. The van der Waals surface area contributed by atoms with Crippen molar-refractivity contribution in [1.29, 1.82) is 10.5 Å². The van der Waals surface area contributed by atoms with Crippen molar-refractivity contribution in [3.63, 3.8) is 0 Å². The van der Waals surface area contributed by atoms with E-state index in [9.17, 15) is 10.5 Å². The molecule has 4 aromatic rings. The summed E-state index contributed by atoms with van der Waals surface area (Å²) in [6.45, 7) is 4.09. The van der Waals surface area contributed by atoms with E-state index < -0.39 is 0 Å². The van der Waals surface area contributed by atoms with Crippen LogP contribution in [0.2, 0.25) is 0 Å². The first-order chi connectivity index (χ1) is 20.1. The zero-order chi connectivity index (χ0) is 28.5. The molecule has 0 aliphatic carbocycles. The number of hydrogen-bond donors (Lipinski definition) is 0. The van der Waals surface area contributed by atoms with Crippen LogP contribution in [0.3, 0.4) is 0 Å². The van der Waals surface area contributed by atoms with Gasteiger partial charge in [0.05, 0.1) is 33.9 Å². The van der Waals surface area contributed by atoms with Crippen LogP contribution in [-0.4, -0.2) is 13.9 Å². The van der Waals surface area contributed by atoms with Crippen molar-refractivity contribution in [2.45, 2.75) is 52.4 Å². The molecule has 0 spiro atoms. The van der Waals surface area contributed by atoms with Gasteiger partial charge in [0.25, 0.3) is 0 Å². The van der Waals surface area contributed by atoms with E-state index in [2.05, 4.69) is 67.0 Å². The molecular formula is C35H33BN4O. The van der Waals surface area contributed by atoms with Gasteiger partial charge in [-0.15, -0.1) is 0 Å². The zero-order valence-electron chi connectivity index (χ0n) is 23.9. The predicted octanol–water partition coefficient (Wildman–Crippen LogP) is 7.25. The molecule has 2 aliphatic rings. The standard InChI is InChI=1S/C35H33BN4O/c1-4-6-12-24-18-26(22-37)34-30(20-24)39(3)31-21-25(13-7-5-2)19-27(23-38)35(31)40(34)36-28-14-8-10-16-32(28)41-33-17-11-9-15-29(33)36/h8-11,14-21H,4-7,12-13H2,1-3H3. The van der Waals surface area contributed by atoms with Gasteiger partial charge in [-0.2, -0.15) is 10.5 Å². The van der Waals surface area contributed by atoms with E-state index in [1.165, 1.54) is 0 Å². The fourth-order valence-corrected chi connectivity index (χ4v) is 6.26. The van der Waals surface area contributed by atoms with Crippen molar-refractivity contribution in [3.8, 4) is 23.6 Å². The summed E-state index contributed by atoms with van der Waals surface area (Å²) in [7, 11) is 2.07. The fourth-order valence-electron chi connectivity index (χ4n) is 6.26. The van der Waals surface area contributed by atoms with Gasteiger partial charge in [0.2, 0.25) is 0 Å². The second-order valence-corrected chi connectivity index (χ2v) is 11.0. The smallest absolute Gasteiger partial charge is 0.335 e. The molecule has 0 aromatic heterocycles. The number of anilines is 4. The first kappa shape index (κ1) is 26.5. The number of aryl methyl sites for hydroxylation is 2. The number of ether oxygens (including phenoxy) is 1. The molecular weight excluding hydrogens is 503 g/mol. The molecule has 0 atom stereocenters. The number of benzene rings is 4. The SMILES string of the molecule is CCCCc1cc(C#N)c2c(c1)N(C)c1cc(CCCC)cc(C#N)c1N2B1c2ccccc2Oc2ccccc21. The molecule has 6 rings (SSSR count). The lowest BCUT2D eigenvalue weighted by molar-refractivity contribution is 0.487. The summed E-state index contributed by atoms with van der Waals surface area (Å²) in [6, 6.07) is 29.8. The molecule has 2 aliphatic heterocycles. The maximum Gasteiger partial charge on any atom is 0.335 e. The van der Waals surface area contributed by atoms with Crippen LogP contribution in [0.15, 0.2) is 72.8 Å². The van der Waals surface area contributed by atoms with Gasteiger partial charge in [-0.3, -0.25) is 0 Å². The Morgan fingerprint density at radius 3 is 1.61 bits per heavy atom. The highest BCUT2D eigenvalue weighted by atomic mass is 16.5. The lowest BCUT2D eigenvalue weighted by Gasteiger charge is -2.44. The molecule has 0 saturated carbocycles. The molecule has 0 saturated heterocycles. The monoisotopic (exact) mass is 536 g/mol. The first-order valence-corrected chi connectivity index (χ1v) is 14.6. The van der Waals surface area contributed by atoms with Crippen molar-refractivity contribution >= 4 is 40.5 Å². The van der Waals surface area contributed by atoms with E-state index in [0.29, 0.717) is 11.1 Å². The Labute approximate surface area is 243 Å². The highest BCUT2D eigenvalue weighted by molar-refractivity contribution is 6.91. The first-order valence-electron chi connectivity index (χ1n) is 14.6. The number of fused-ring (bicyclic) bond motifs is 4. The molecule has 41 heavy (non-hydrogen) atoms. The third-order valence-electron chi connectivity index (χ3n) is 8.29. The van der Waals surface area contributed by atoms with Crippen LogP contribution in [0, 0.1) is 22.7 Å². The van der Waals surface area contributed by atoms with Gasteiger partial charge in [0.1, 0.15) is 23.6 Å². The summed E-state index contributed by atoms with van der Waals surface area (Å²) in [6.07, 6.45) is 6.14. The van der Waals surface area contributed by atoms with E-state index in [-0.39, 0.29) is 6.85 Å². The molecule has 5 nitrogen and oxygen atoms in total. The maximum atomic E-state index is 10.6. The van der Waals surface area contributed by atoms with E-state index in [1.54, 1.807) is 0 Å². The van der Waals surface area contributed by atoms with Crippen LogP contribution in [0.25, 0.3) is 0 Å². The van der Waals surface area contributed by atoms with Gasteiger partial charge in [-0.1, -0.05) is 63.1 Å². The minimum atomic E-state index is -0.287. The summed E-state index contributed by atoms with van der Waals surface area (Å²) in [5.74, 6) is 1.57. The minimum Gasteiger partial charge on any atom is -0.458 e. The summed E-state index contributed by atoms with van der Waals surface area (Å²) in [4.78, 5) is 4.43. The normalized spacial score (nSPS) is 12.9. The molecule has 0 N–H and O–H groups in total. The van der Waals surface area contributed by atoms with Crippen LogP contribution in [0.4, 0.5) is 22.7 Å². The Morgan fingerprint density at radius 2 is 1.17 bits per heavy atom. The van der Waals surface area contributed by atoms with Crippen LogP contribution in [0.1, 0.15) is 61.8 Å². The van der Waals surface area contributed by atoms with Gasteiger partial charge in [-0.05, 0) is 84.1 Å². The lowest BCUT2D eigenvalue weighted by Crippen LogP contribution is -2.58. The highest BCUT2D eigenvalue weighted by Gasteiger charge is 2.43. The van der Waals surface area contributed by atoms with Crippen molar-refractivity contribution < 1.29 is 4.74 Å². The van der Waals surface area contributed by atoms with Crippen LogP contribution in [0.5, 0.6) is 11.5 Å². The number of nitrogens with zero attached hydrogens (tertiary/aromatic N) is 4. The Kier molecular flexibility index (Phi) is 7.16. The molecule has 0 fully saturated rings. The van der Waals surface area contributed by atoms with Gasteiger partial charge in [0.15, 0.2) is 0 Å². The third kappa shape index (κ3) is 4.50. The number of hydrogen-bond acceptors (Lipinski definition) is 5. The summed E-state index contributed by atoms with van der Waals surface area (Å²) in [5.41, 5.74) is 9.20. The second-order valence-electron chi connectivity index (χ2n) is 11.0. The zero-order valence-corrected chi connectivity index (χ0v) is 23.9. The number of para-hydroxylation sites is 2. The maximum absolute atomic E-state index is 10.6. The minimum absolute atomic E-state index is 0.287. The van der Waals surface area contributed by atoms with Gasteiger partial charge >= 0.3 is 6.85 Å². The molecule has 2 heterocycles. The molecule has 0 amide bonds. The molecule has 0 radical (unpaired) electrons. The van der Waals surface area contributed by atoms with Crippen LogP contribution in [-0.2, 0) is 12.8 Å². The van der Waals surface area contributed by atoms with Crippen LogP contribution < -0.4 is 25.4 Å². The van der Waals surface area contributed by atoms with Crippen molar-refractivity contribution in [2.75, 3.05) is 16.8 Å². The average molecular weight is 536 g/mol. The second kappa shape index (κ2) is 11.1. The number of unbranched alkanes of at least 4 members (excludes halogenated alkanes) is 2. The van der Waals surface area contributed by atoms with Gasteiger partial charge < -0.3 is 14.4 Å². The number of rotatable bonds is 7. The Bertz CT molecular complexity index is 1590. The Hall–Kier alpha value is -4.68. The van der Waals surface area contributed by atoms with E-state index in [4.69, 9.17) is 4.74 Å². The topological polar surface area (TPSA) is 63.3 Å². The van der Waals surface area contributed by atoms with E-state index in [0.717, 1.165) is 94.8 Å². The predicted molar refractivity (Wildman–Crippen MR) is 168 cm³/mol. The van der Waals surface area contributed by atoms with Crippen molar-refractivity contribution in [1.82, 2.24) is 0 Å².